The lowest BCUT2D eigenvalue weighted by Crippen LogP contribution is -2.25. The molecule has 0 bridgehead atoms. The summed E-state index contributed by atoms with van der Waals surface area (Å²) >= 11 is 0. The highest BCUT2D eigenvalue weighted by Crippen LogP contribution is 2.22. The van der Waals surface area contributed by atoms with Gasteiger partial charge in [-0.15, -0.1) is 0 Å². The Bertz CT molecular complexity index is 956. The van der Waals surface area contributed by atoms with Crippen LogP contribution in [0.3, 0.4) is 0 Å². The lowest BCUT2D eigenvalue weighted by Gasteiger charge is -2.07. The number of benzene rings is 1. The molecule has 9 heteroatoms. The van der Waals surface area contributed by atoms with E-state index in [4.69, 9.17) is 9.15 Å². The van der Waals surface area contributed by atoms with Crippen molar-refractivity contribution < 1.29 is 31.9 Å². The highest BCUT2D eigenvalue weighted by molar-refractivity contribution is 7.89. The highest BCUT2D eigenvalue weighted by atomic mass is 32.2. The lowest BCUT2D eigenvalue weighted by molar-refractivity contribution is 0.0438. The molecule has 144 valence electrons. The zero-order valence-corrected chi connectivity index (χ0v) is 15.7. The van der Waals surface area contributed by atoms with Gasteiger partial charge in [-0.25, -0.2) is 22.7 Å². The minimum absolute atomic E-state index is 0.00581. The maximum Gasteiger partial charge on any atom is 0.374 e. The summed E-state index contributed by atoms with van der Waals surface area (Å²) in [6.07, 6.45) is 1.68. The first kappa shape index (κ1) is 19.1. The van der Waals surface area contributed by atoms with E-state index < -0.39 is 22.0 Å². The van der Waals surface area contributed by atoms with Gasteiger partial charge in [-0.3, -0.25) is 0 Å². The summed E-state index contributed by atoms with van der Waals surface area (Å²) in [6.45, 7) is 1.51. The Balaban J connectivity index is 1.62. The monoisotopic (exact) mass is 393 g/mol. The van der Waals surface area contributed by atoms with Gasteiger partial charge in [0.2, 0.25) is 15.8 Å². The number of nitrogens with one attached hydrogen (secondary N) is 1. The Labute approximate surface area is 156 Å². The molecule has 0 atom stereocenters. The van der Waals surface area contributed by atoms with Crippen molar-refractivity contribution in [2.24, 2.45) is 0 Å². The number of hydrogen-bond donors (Lipinski definition) is 1. The van der Waals surface area contributed by atoms with Crippen LogP contribution in [0.5, 0.6) is 0 Å². The summed E-state index contributed by atoms with van der Waals surface area (Å²) in [4.78, 5) is 23.7. The van der Waals surface area contributed by atoms with Crippen molar-refractivity contribution in [3.63, 3.8) is 0 Å². The molecule has 0 unspecified atom stereocenters. The molecule has 1 fully saturated rings. The molecule has 0 aliphatic heterocycles. The summed E-state index contributed by atoms with van der Waals surface area (Å²) in [6, 6.07) is 7.07. The van der Waals surface area contributed by atoms with Crippen LogP contribution in [-0.4, -0.2) is 33.5 Å². The second-order valence-corrected chi connectivity index (χ2v) is 7.93. The summed E-state index contributed by atoms with van der Waals surface area (Å²) in [5.41, 5.74) is 0.780. The number of sulfonamides is 1. The fraction of sp³-hybridized carbons (Fsp3) is 0.333. The number of ether oxygens (including phenoxy) is 2. The van der Waals surface area contributed by atoms with Crippen molar-refractivity contribution in [1.82, 2.24) is 4.72 Å². The van der Waals surface area contributed by atoms with Crippen LogP contribution in [0.1, 0.15) is 45.1 Å². The van der Waals surface area contributed by atoms with Crippen LogP contribution in [0.2, 0.25) is 0 Å². The Morgan fingerprint density at radius 3 is 2.44 bits per heavy atom. The fourth-order valence-corrected chi connectivity index (χ4v) is 3.70. The van der Waals surface area contributed by atoms with E-state index >= 15 is 0 Å². The predicted octanol–water partition coefficient (Wildman–Crippen LogP) is 2.17. The third-order valence-electron chi connectivity index (χ3n) is 3.98. The molecule has 1 aliphatic rings. The molecule has 1 N–H and O–H groups in total. The van der Waals surface area contributed by atoms with Gasteiger partial charge in [0.25, 0.3) is 0 Å². The molecule has 1 aromatic carbocycles. The second kappa shape index (κ2) is 7.53. The van der Waals surface area contributed by atoms with Crippen LogP contribution in [0.4, 0.5) is 0 Å². The number of rotatable bonds is 7. The molecule has 2 aromatic rings. The van der Waals surface area contributed by atoms with Crippen molar-refractivity contribution in [3.05, 3.63) is 53.0 Å². The molecule has 0 radical (unpaired) electrons. The topological polar surface area (TPSA) is 112 Å². The molecule has 0 spiro atoms. The number of aryl methyl sites for hydroxylation is 1. The van der Waals surface area contributed by atoms with Gasteiger partial charge in [0, 0.05) is 11.6 Å². The summed E-state index contributed by atoms with van der Waals surface area (Å²) < 4.78 is 41.9. The minimum Gasteiger partial charge on any atom is -0.463 e. The van der Waals surface area contributed by atoms with Crippen LogP contribution in [0.25, 0.3) is 0 Å². The van der Waals surface area contributed by atoms with Gasteiger partial charge in [-0.1, -0.05) is 0 Å². The van der Waals surface area contributed by atoms with Crippen LogP contribution in [0, 0.1) is 6.92 Å². The third-order valence-corrected chi connectivity index (χ3v) is 5.52. The predicted molar refractivity (Wildman–Crippen MR) is 93.7 cm³/mol. The number of methoxy groups -OCH3 is 1. The van der Waals surface area contributed by atoms with E-state index in [-0.39, 0.29) is 28.9 Å². The van der Waals surface area contributed by atoms with Crippen LogP contribution < -0.4 is 4.72 Å². The van der Waals surface area contributed by atoms with E-state index in [1.165, 1.54) is 31.4 Å². The molecule has 1 aromatic heterocycles. The molecule has 27 heavy (non-hydrogen) atoms. The van der Waals surface area contributed by atoms with Crippen LogP contribution in [-0.2, 0) is 26.1 Å². The van der Waals surface area contributed by atoms with Crippen LogP contribution >= 0.6 is 0 Å². The first-order chi connectivity index (χ1) is 12.8. The van der Waals surface area contributed by atoms with Crippen LogP contribution in [0.15, 0.2) is 39.6 Å². The summed E-state index contributed by atoms with van der Waals surface area (Å²) in [7, 11) is -2.32. The van der Waals surface area contributed by atoms with E-state index in [1.807, 2.05) is 0 Å². The molecule has 3 rings (SSSR count). The number of furan rings is 1. The van der Waals surface area contributed by atoms with Gasteiger partial charge in [0.15, 0.2) is 0 Å². The zero-order chi connectivity index (χ0) is 19.6. The molecular weight excluding hydrogens is 374 g/mol. The van der Waals surface area contributed by atoms with Crippen molar-refractivity contribution in [2.45, 2.75) is 37.3 Å². The third kappa shape index (κ3) is 4.55. The molecule has 0 saturated heterocycles. The lowest BCUT2D eigenvalue weighted by atomic mass is 10.2. The average Bonchev–Trinajstić information content (AvgIpc) is 3.37. The normalized spacial score (nSPS) is 14.0. The van der Waals surface area contributed by atoms with Gasteiger partial charge in [-0.2, -0.15) is 0 Å². The molecule has 1 aliphatic carbocycles. The molecule has 1 saturated carbocycles. The Morgan fingerprint density at radius 1 is 1.19 bits per heavy atom. The Kier molecular flexibility index (Phi) is 5.33. The highest BCUT2D eigenvalue weighted by Gasteiger charge is 2.28. The Morgan fingerprint density at radius 2 is 1.85 bits per heavy atom. The van der Waals surface area contributed by atoms with E-state index in [0.717, 1.165) is 12.8 Å². The fourth-order valence-electron chi connectivity index (χ4n) is 2.39. The largest absolute Gasteiger partial charge is 0.463 e. The van der Waals surface area contributed by atoms with Gasteiger partial charge in [-0.05, 0) is 50.1 Å². The van der Waals surface area contributed by atoms with Gasteiger partial charge >= 0.3 is 11.9 Å². The number of hydrogen-bond acceptors (Lipinski definition) is 7. The standard InChI is InChI=1S/C18H19NO7S/c1-11-9-14(26-16(11)18(21)24-2)10-25-17(20)12-3-7-15(8-4-12)27(22,23)19-13-5-6-13/h3-4,7-9,13,19H,5-6,10H2,1-2H3. The van der Waals surface area contributed by atoms with Crippen molar-refractivity contribution in [2.75, 3.05) is 7.11 Å². The van der Waals surface area contributed by atoms with Gasteiger partial charge < -0.3 is 13.9 Å². The van der Waals surface area contributed by atoms with E-state index in [1.54, 1.807) is 13.0 Å². The van der Waals surface area contributed by atoms with Gasteiger partial charge in [0.05, 0.1) is 17.6 Å². The molecule has 0 amide bonds. The maximum absolute atomic E-state index is 12.1. The Hall–Kier alpha value is -2.65. The SMILES string of the molecule is COC(=O)c1oc(COC(=O)c2ccc(S(=O)(=O)NC3CC3)cc2)cc1C. The van der Waals surface area contributed by atoms with E-state index in [9.17, 15) is 18.0 Å². The number of carbonyl (C=O) groups is 2. The molecule has 1 heterocycles. The van der Waals surface area contributed by atoms with Crippen molar-refractivity contribution in [3.8, 4) is 0 Å². The summed E-state index contributed by atoms with van der Waals surface area (Å²) in [5.74, 6) is -0.889. The molecular formula is C18H19NO7S. The second-order valence-electron chi connectivity index (χ2n) is 6.21. The first-order valence-electron chi connectivity index (χ1n) is 8.27. The molecule has 8 nitrogen and oxygen atoms in total. The number of carbonyl (C=O) groups excluding carboxylic acids is 2. The first-order valence-corrected chi connectivity index (χ1v) is 9.75. The summed E-state index contributed by atoms with van der Waals surface area (Å²) in [5, 5.41) is 0. The van der Waals surface area contributed by atoms with E-state index in [0.29, 0.717) is 11.3 Å². The van der Waals surface area contributed by atoms with Gasteiger partial charge in [0.1, 0.15) is 12.4 Å². The minimum atomic E-state index is -3.57. The average molecular weight is 393 g/mol. The zero-order valence-electron chi connectivity index (χ0n) is 14.9. The van der Waals surface area contributed by atoms with Crippen molar-refractivity contribution in [1.29, 1.82) is 0 Å². The maximum atomic E-state index is 12.1. The van der Waals surface area contributed by atoms with E-state index in [2.05, 4.69) is 9.46 Å². The quantitative estimate of drug-likeness (QED) is 0.718. The smallest absolute Gasteiger partial charge is 0.374 e. The van der Waals surface area contributed by atoms with Crippen molar-refractivity contribution >= 4 is 22.0 Å². The number of esters is 2.